The Morgan fingerprint density at radius 3 is 2.67 bits per heavy atom. The van der Waals surface area contributed by atoms with Crippen molar-refractivity contribution < 1.29 is 22.7 Å². The number of carbonyl (C=O) groups excluding carboxylic acids is 1. The maximum atomic E-state index is 13.3. The van der Waals surface area contributed by atoms with Gasteiger partial charge in [-0.15, -0.1) is 0 Å². The number of allylic oxidation sites excluding steroid dienone is 1. The molecule has 0 spiro atoms. The van der Waals surface area contributed by atoms with Crippen LogP contribution in [0.4, 0.5) is 13.2 Å². The first kappa shape index (κ1) is 18.5. The van der Waals surface area contributed by atoms with Crippen LogP contribution in [0.3, 0.4) is 0 Å². The lowest BCUT2D eigenvalue weighted by Gasteiger charge is -2.32. The molecule has 1 heterocycles. The molecule has 1 aromatic carbocycles. The van der Waals surface area contributed by atoms with Gasteiger partial charge in [0.15, 0.2) is 0 Å². The number of hydrogen-bond acceptors (Lipinski definition) is 2. The van der Waals surface area contributed by atoms with E-state index in [1.54, 1.807) is 6.07 Å². The Balaban J connectivity index is 2.15. The third-order valence-electron chi connectivity index (χ3n) is 4.05. The molecule has 0 aliphatic carbocycles. The van der Waals surface area contributed by atoms with Gasteiger partial charge in [0.25, 0.3) is 0 Å². The molecular formula is C18H22F3NO2. The molecule has 1 atom stereocenters. The van der Waals surface area contributed by atoms with Crippen LogP contribution in [0.15, 0.2) is 36.4 Å². The van der Waals surface area contributed by atoms with Gasteiger partial charge in [0.05, 0.1) is 12.2 Å². The van der Waals surface area contributed by atoms with Crippen molar-refractivity contribution in [3.05, 3.63) is 42.0 Å². The topological polar surface area (TPSA) is 29.5 Å². The first-order chi connectivity index (χ1) is 11.4. The molecule has 0 radical (unpaired) electrons. The lowest BCUT2D eigenvalue weighted by Crippen LogP contribution is -2.40. The molecule has 1 aliphatic heterocycles. The average molecular weight is 341 g/mol. The van der Waals surface area contributed by atoms with Crippen LogP contribution in [0.1, 0.15) is 25.3 Å². The summed E-state index contributed by atoms with van der Waals surface area (Å²) in [6.45, 7) is 3.95. The van der Waals surface area contributed by atoms with E-state index >= 15 is 0 Å². The second kappa shape index (κ2) is 8.33. The summed E-state index contributed by atoms with van der Waals surface area (Å²) >= 11 is 0. The zero-order valence-corrected chi connectivity index (χ0v) is 13.7. The molecule has 1 saturated heterocycles. The van der Waals surface area contributed by atoms with Gasteiger partial charge in [-0.1, -0.05) is 30.3 Å². The summed E-state index contributed by atoms with van der Waals surface area (Å²) in [5, 5.41) is 0. The lowest BCUT2D eigenvalue weighted by molar-refractivity contribution is -0.128. The van der Waals surface area contributed by atoms with Gasteiger partial charge in [-0.05, 0) is 31.2 Å². The number of hydrogen-bond donors (Lipinski definition) is 0. The van der Waals surface area contributed by atoms with E-state index in [0.717, 1.165) is 18.9 Å². The number of rotatable bonds is 5. The van der Waals surface area contributed by atoms with E-state index in [1.165, 1.54) is 29.2 Å². The van der Waals surface area contributed by atoms with Crippen LogP contribution >= 0.6 is 0 Å². The predicted molar refractivity (Wildman–Crippen MR) is 86.3 cm³/mol. The summed E-state index contributed by atoms with van der Waals surface area (Å²) < 4.78 is 45.3. The fourth-order valence-corrected chi connectivity index (χ4v) is 2.85. The number of likely N-dealkylation sites (tertiary alicyclic amines) is 1. The summed E-state index contributed by atoms with van der Waals surface area (Å²) in [5.41, 5.74) is -0.902. The molecule has 1 fully saturated rings. The third-order valence-corrected chi connectivity index (χ3v) is 4.05. The van der Waals surface area contributed by atoms with Crippen LogP contribution in [-0.4, -0.2) is 43.3 Å². The van der Waals surface area contributed by atoms with Gasteiger partial charge >= 0.3 is 6.18 Å². The molecule has 0 N–H and O–H groups in total. The minimum Gasteiger partial charge on any atom is -0.381 e. The average Bonchev–Trinajstić information content (AvgIpc) is 2.57. The van der Waals surface area contributed by atoms with E-state index in [0.29, 0.717) is 26.3 Å². The Kier molecular flexibility index (Phi) is 6.43. The Hall–Kier alpha value is -1.82. The number of alkyl halides is 3. The second-order valence-corrected chi connectivity index (χ2v) is 5.87. The van der Waals surface area contributed by atoms with Gasteiger partial charge in [0.2, 0.25) is 5.91 Å². The van der Waals surface area contributed by atoms with Gasteiger partial charge in [-0.25, -0.2) is 0 Å². The van der Waals surface area contributed by atoms with E-state index < -0.39 is 17.7 Å². The molecule has 1 aliphatic rings. The highest BCUT2D eigenvalue weighted by Crippen LogP contribution is 2.34. The SMILES string of the molecule is CCOCC1CCCN(C(=O)/C=C(/c2ccccc2)C(F)(F)F)C1. The summed E-state index contributed by atoms with van der Waals surface area (Å²) in [5.74, 6) is -0.408. The lowest BCUT2D eigenvalue weighted by atomic mass is 9.98. The zero-order valence-electron chi connectivity index (χ0n) is 13.7. The largest absolute Gasteiger partial charge is 0.417 e. The maximum Gasteiger partial charge on any atom is 0.417 e. The van der Waals surface area contributed by atoms with Gasteiger partial charge in [0.1, 0.15) is 0 Å². The Bertz CT molecular complexity index is 569. The minimum absolute atomic E-state index is 0.00113. The molecule has 0 saturated carbocycles. The van der Waals surface area contributed by atoms with Gasteiger partial charge in [-0.2, -0.15) is 13.2 Å². The predicted octanol–water partition coefficient (Wildman–Crippen LogP) is 3.91. The standard InChI is InChI=1S/C18H22F3NO2/c1-2-24-13-14-7-6-10-22(12-14)17(23)11-16(18(19,20)21)15-8-4-3-5-9-15/h3-5,8-9,11,14H,2,6-7,10,12-13H2,1H3/b16-11-. The van der Waals surface area contributed by atoms with Gasteiger partial charge in [-0.3, -0.25) is 4.79 Å². The van der Waals surface area contributed by atoms with Crippen molar-refractivity contribution in [3.63, 3.8) is 0 Å². The molecule has 132 valence electrons. The molecule has 1 amide bonds. The molecule has 0 aromatic heterocycles. The normalized spacial score (nSPS) is 19.4. The summed E-state index contributed by atoms with van der Waals surface area (Å²) in [4.78, 5) is 13.8. The van der Waals surface area contributed by atoms with Gasteiger partial charge in [0, 0.05) is 25.8 Å². The number of ether oxygens (including phenoxy) is 1. The van der Waals surface area contributed by atoms with E-state index in [9.17, 15) is 18.0 Å². The Morgan fingerprint density at radius 1 is 1.33 bits per heavy atom. The van der Waals surface area contributed by atoms with E-state index in [1.807, 2.05) is 6.92 Å². The van der Waals surface area contributed by atoms with Crippen molar-refractivity contribution >= 4 is 11.5 Å². The summed E-state index contributed by atoms with van der Waals surface area (Å²) in [6, 6.07) is 7.42. The maximum absolute atomic E-state index is 13.3. The number of amides is 1. The van der Waals surface area contributed by atoms with Crippen LogP contribution in [0.25, 0.3) is 5.57 Å². The number of halogens is 3. The quantitative estimate of drug-likeness (QED) is 0.760. The summed E-state index contributed by atoms with van der Waals surface area (Å²) in [6.07, 6.45) is -2.14. The number of carbonyl (C=O) groups is 1. The monoisotopic (exact) mass is 341 g/mol. The van der Waals surface area contributed by atoms with Crippen molar-refractivity contribution in [2.24, 2.45) is 5.92 Å². The molecule has 6 heteroatoms. The van der Waals surface area contributed by atoms with Crippen molar-refractivity contribution in [1.29, 1.82) is 0 Å². The Labute approximate surface area is 140 Å². The van der Waals surface area contributed by atoms with Crippen molar-refractivity contribution in [3.8, 4) is 0 Å². The third kappa shape index (κ3) is 5.09. The molecule has 1 unspecified atom stereocenters. The summed E-state index contributed by atoms with van der Waals surface area (Å²) in [7, 11) is 0. The molecule has 2 rings (SSSR count). The zero-order chi connectivity index (χ0) is 17.6. The molecule has 0 bridgehead atoms. The second-order valence-electron chi connectivity index (χ2n) is 5.87. The molecule has 3 nitrogen and oxygen atoms in total. The first-order valence-electron chi connectivity index (χ1n) is 8.12. The molecule has 24 heavy (non-hydrogen) atoms. The minimum atomic E-state index is -4.57. The van der Waals surface area contributed by atoms with Crippen LogP contribution in [-0.2, 0) is 9.53 Å². The smallest absolute Gasteiger partial charge is 0.381 e. The van der Waals surface area contributed by atoms with Crippen molar-refractivity contribution in [1.82, 2.24) is 4.90 Å². The van der Waals surface area contributed by atoms with Crippen LogP contribution in [0.2, 0.25) is 0 Å². The van der Waals surface area contributed by atoms with Crippen LogP contribution in [0.5, 0.6) is 0 Å². The highest BCUT2D eigenvalue weighted by atomic mass is 19.4. The highest BCUT2D eigenvalue weighted by Gasteiger charge is 2.36. The highest BCUT2D eigenvalue weighted by molar-refractivity contribution is 5.96. The van der Waals surface area contributed by atoms with Crippen LogP contribution in [0, 0.1) is 5.92 Å². The van der Waals surface area contributed by atoms with E-state index in [2.05, 4.69) is 0 Å². The van der Waals surface area contributed by atoms with Gasteiger partial charge < -0.3 is 9.64 Å². The molecular weight excluding hydrogens is 319 g/mol. The Morgan fingerprint density at radius 2 is 2.04 bits per heavy atom. The molecule has 1 aromatic rings. The van der Waals surface area contributed by atoms with Crippen molar-refractivity contribution in [2.45, 2.75) is 25.9 Å². The van der Waals surface area contributed by atoms with Crippen molar-refractivity contribution in [2.75, 3.05) is 26.3 Å². The van der Waals surface area contributed by atoms with E-state index in [4.69, 9.17) is 4.74 Å². The van der Waals surface area contributed by atoms with E-state index in [-0.39, 0.29) is 11.5 Å². The number of benzene rings is 1. The fraction of sp³-hybridized carbons (Fsp3) is 0.500. The first-order valence-corrected chi connectivity index (χ1v) is 8.12. The number of piperidine rings is 1. The van der Waals surface area contributed by atoms with Crippen LogP contribution < -0.4 is 0 Å². The fourth-order valence-electron chi connectivity index (χ4n) is 2.85. The number of nitrogens with zero attached hydrogens (tertiary/aromatic N) is 1.